The van der Waals surface area contributed by atoms with Crippen LogP contribution in [0, 0.1) is 11.8 Å². The third kappa shape index (κ3) is 1.10. The molecule has 0 spiro atoms. The third-order valence-corrected chi connectivity index (χ3v) is 3.15. The van der Waals surface area contributed by atoms with E-state index in [4.69, 9.17) is 5.11 Å². The molecular weight excluding hydrogens is 168 g/mol. The lowest BCUT2D eigenvalue weighted by Crippen LogP contribution is -2.15. The topological polar surface area (TPSA) is 54.4 Å². The zero-order chi connectivity index (χ0) is 9.59. The Hall–Kier alpha value is -1.12. The smallest absolute Gasteiger partial charge is 0.332 e. The van der Waals surface area contributed by atoms with Crippen LogP contribution in [0.3, 0.4) is 0 Å². The molecule has 0 amide bonds. The van der Waals surface area contributed by atoms with Crippen LogP contribution >= 0.6 is 0 Å². The average Bonchev–Trinajstić information content (AvgIpc) is 2.60. The van der Waals surface area contributed by atoms with Crippen LogP contribution in [0.15, 0.2) is 11.1 Å². The summed E-state index contributed by atoms with van der Waals surface area (Å²) in [6.07, 6.45) is 2.83. The number of aliphatic carboxylic acids is 1. The number of Topliss-reactive ketones (excluding diaryl/α,β-unsaturated/α-hetero) is 1. The first kappa shape index (κ1) is 8.48. The molecule has 0 saturated heterocycles. The minimum absolute atomic E-state index is 0.0513. The molecule has 2 atom stereocenters. The molecule has 2 rings (SSSR count). The van der Waals surface area contributed by atoms with Gasteiger partial charge in [-0.25, -0.2) is 4.79 Å². The van der Waals surface area contributed by atoms with Crippen LogP contribution in [0.1, 0.15) is 26.2 Å². The number of allylic oxidation sites excluding steroid dienone is 1. The first-order valence-electron chi connectivity index (χ1n) is 4.59. The fourth-order valence-electron chi connectivity index (χ4n) is 2.71. The molecule has 2 unspecified atom stereocenters. The highest BCUT2D eigenvalue weighted by Gasteiger charge is 2.43. The predicted octanol–water partition coefficient (Wildman–Crippen LogP) is 1.39. The second-order valence-electron chi connectivity index (χ2n) is 3.90. The van der Waals surface area contributed by atoms with Crippen molar-refractivity contribution in [1.82, 2.24) is 0 Å². The van der Waals surface area contributed by atoms with Crippen LogP contribution in [0.5, 0.6) is 0 Å². The molecule has 1 fully saturated rings. The molecule has 0 aromatic heterocycles. The Kier molecular flexibility index (Phi) is 1.75. The summed E-state index contributed by atoms with van der Waals surface area (Å²) in [6.45, 7) is 1.47. The van der Waals surface area contributed by atoms with Gasteiger partial charge in [0.15, 0.2) is 5.78 Å². The molecule has 3 heteroatoms. The molecule has 13 heavy (non-hydrogen) atoms. The van der Waals surface area contributed by atoms with Crippen molar-refractivity contribution in [2.75, 3.05) is 0 Å². The Labute approximate surface area is 76.4 Å². The van der Waals surface area contributed by atoms with E-state index in [-0.39, 0.29) is 17.6 Å². The SMILES string of the molecule is CC(=O)C1=C(C(=O)O)C2CCC1C2. The van der Waals surface area contributed by atoms with E-state index in [1.165, 1.54) is 6.92 Å². The van der Waals surface area contributed by atoms with Crippen LogP contribution in [0.2, 0.25) is 0 Å². The van der Waals surface area contributed by atoms with E-state index in [1.807, 2.05) is 0 Å². The summed E-state index contributed by atoms with van der Waals surface area (Å²) < 4.78 is 0. The van der Waals surface area contributed by atoms with E-state index >= 15 is 0 Å². The van der Waals surface area contributed by atoms with Crippen molar-refractivity contribution < 1.29 is 14.7 Å². The van der Waals surface area contributed by atoms with Gasteiger partial charge < -0.3 is 5.11 Å². The number of hydrogen-bond donors (Lipinski definition) is 1. The van der Waals surface area contributed by atoms with E-state index in [1.54, 1.807) is 0 Å². The Morgan fingerprint density at radius 3 is 2.15 bits per heavy atom. The fourth-order valence-corrected chi connectivity index (χ4v) is 2.71. The van der Waals surface area contributed by atoms with Crippen molar-refractivity contribution in [2.24, 2.45) is 11.8 Å². The lowest BCUT2D eigenvalue weighted by atomic mass is 9.90. The van der Waals surface area contributed by atoms with Crippen LogP contribution in [-0.2, 0) is 9.59 Å². The molecule has 3 nitrogen and oxygen atoms in total. The molecule has 0 aromatic rings. The van der Waals surface area contributed by atoms with Crippen molar-refractivity contribution in [3.8, 4) is 0 Å². The monoisotopic (exact) mass is 180 g/mol. The van der Waals surface area contributed by atoms with Gasteiger partial charge in [0.05, 0.1) is 0 Å². The minimum Gasteiger partial charge on any atom is -0.478 e. The Bertz CT molecular complexity index is 284. The van der Waals surface area contributed by atoms with Crippen LogP contribution in [-0.4, -0.2) is 16.9 Å². The number of rotatable bonds is 2. The standard InChI is InChI=1S/C10H12O3/c1-5(11)8-6-2-3-7(4-6)9(8)10(12)13/h6-7H,2-4H2,1H3,(H,12,13). The first-order valence-corrected chi connectivity index (χ1v) is 4.59. The van der Waals surface area contributed by atoms with Gasteiger partial charge in [0, 0.05) is 11.1 Å². The molecule has 0 aliphatic heterocycles. The van der Waals surface area contributed by atoms with Crippen molar-refractivity contribution in [2.45, 2.75) is 26.2 Å². The van der Waals surface area contributed by atoms with Gasteiger partial charge in [-0.15, -0.1) is 0 Å². The maximum Gasteiger partial charge on any atom is 0.332 e. The molecule has 0 radical (unpaired) electrons. The van der Waals surface area contributed by atoms with Gasteiger partial charge in [0.25, 0.3) is 0 Å². The van der Waals surface area contributed by atoms with Crippen molar-refractivity contribution in [3.63, 3.8) is 0 Å². The quantitative estimate of drug-likeness (QED) is 0.698. The molecule has 1 N–H and O–H groups in total. The maximum atomic E-state index is 11.2. The molecule has 2 bridgehead atoms. The van der Waals surface area contributed by atoms with Gasteiger partial charge in [-0.2, -0.15) is 0 Å². The van der Waals surface area contributed by atoms with Gasteiger partial charge in [0.1, 0.15) is 0 Å². The summed E-state index contributed by atoms with van der Waals surface area (Å²) in [4.78, 5) is 22.1. The third-order valence-electron chi connectivity index (χ3n) is 3.15. The zero-order valence-corrected chi connectivity index (χ0v) is 7.54. The number of fused-ring (bicyclic) bond motifs is 2. The predicted molar refractivity (Wildman–Crippen MR) is 46.2 cm³/mol. The minimum atomic E-state index is -0.891. The van der Waals surface area contributed by atoms with Gasteiger partial charge in [-0.05, 0) is 38.0 Å². The van der Waals surface area contributed by atoms with E-state index < -0.39 is 5.97 Å². The summed E-state index contributed by atoms with van der Waals surface area (Å²) in [5.74, 6) is -0.544. The molecule has 2 aliphatic carbocycles. The largest absolute Gasteiger partial charge is 0.478 e. The van der Waals surface area contributed by atoms with Gasteiger partial charge >= 0.3 is 5.97 Å². The normalized spacial score (nSPS) is 31.2. The summed E-state index contributed by atoms with van der Waals surface area (Å²) in [7, 11) is 0. The number of carbonyl (C=O) groups is 2. The summed E-state index contributed by atoms with van der Waals surface area (Å²) in [6, 6.07) is 0. The van der Waals surface area contributed by atoms with Gasteiger partial charge in [0.2, 0.25) is 0 Å². The van der Waals surface area contributed by atoms with Crippen molar-refractivity contribution in [3.05, 3.63) is 11.1 Å². The lowest BCUT2D eigenvalue weighted by Gasteiger charge is -2.14. The lowest BCUT2D eigenvalue weighted by molar-refractivity contribution is -0.133. The van der Waals surface area contributed by atoms with E-state index in [0.29, 0.717) is 11.1 Å². The maximum absolute atomic E-state index is 11.2. The summed E-state index contributed by atoms with van der Waals surface area (Å²) in [5.41, 5.74) is 1.01. The number of hydrogen-bond acceptors (Lipinski definition) is 2. The van der Waals surface area contributed by atoms with E-state index in [9.17, 15) is 9.59 Å². The van der Waals surface area contributed by atoms with Crippen LogP contribution in [0.25, 0.3) is 0 Å². The molecule has 70 valence electrons. The second kappa shape index (κ2) is 2.69. The average molecular weight is 180 g/mol. The molecule has 1 saturated carbocycles. The van der Waals surface area contributed by atoms with Crippen molar-refractivity contribution in [1.29, 1.82) is 0 Å². The Morgan fingerprint density at radius 1 is 1.23 bits per heavy atom. The van der Waals surface area contributed by atoms with Crippen LogP contribution < -0.4 is 0 Å². The highest BCUT2D eigenvalue weighted by molar-refractivity contribution is 6.04. The highest BCUT2D eigenvalue weighted by Crippen LogP contribution is 2.48. The first-order chi connectivity index (χ1) is 6.11. The van der Waals surface area contributed by atoms with Crippen molar-refractivity contribution >= 4 is 11.8 Å². The number of carboxylic acids is 1. The van der Waals surface area contributed by atoms with Gasteiger partial charge in [-0.3, -0.25) is 4.79 Å². The zero-order valence-electron chi connectivity index (χ0n) is 7.54. The van der Waals surface area contributed by atoms with E-state index in [0.717, 1.165) is 19.3 Å². The molecule has 0 heterocycles. The number of carbonyl (C=O) groups excluding carboxylic acids is 1. The van der Waals surface area contributed by atoms with E-state index in [2.05, 4.69) is 0 Å². The Morgan fingerprint density at radius 2 is 1.77 bits per heavy atom. The molecule has 0 aromatic carbocycles. The summed E-state index contributed by atoms with van der Waals surface area (Å²) in [5, 5.41) is 8.94. The van der Waals surface area contributed by atoms with Gasteiger partial charge in [-0.1, -0.05) is 0 Å². The number of carboxylic acid groups (broad SMARTS) is 1. The highest BCUT2D eigenvalue weighted by atomic mass is 16.4. The van der Waals surface area contributed by atoms with Crippen LogP contribution in [0.4, 0.5) is 0 Å². The Balaban J connectivity index is 2.46. The summed E-state index contributed by atoms with van der Waals surface area (Å²) >= 11 is 0. The fraction of sp³-hybridized carbons (Fsp3) is 0.600. The molecule has 2 aliphatic rings. The molecular formula is C10H12O3. The number of ketones is 1. The second-order valence-corrected chi connectivity index (χ2v) is 3.90.